The molecule has 0 N–H and O–H groups in total. The Morgan fingerprint density at radius 2 is 0.424 bits per heavy atom. The van der Waals surface area contributed by atoms with E-state index in [1.54, 1.807) is 0 Å². The third-order valence-electron chi connectivity index (χ3n) is 14.9. The summed E-state index contributed by atoms with van der Waals surface area (Å²) in [7, 11) is 0. The van der Waals surface area contributed by atoms with Gasteiger partial charge in [0.25, 0.3) is 0 Å². The first-order valence-electron chi connectivity index (χ1n) is 23.4. The van der Waals surface area contributed by atoms with Gasteiger partial charge in [0.2, 0.25) is 0 Å². The van der Waals surface area contributed by atoms with Crippen molar-refractivity contribution < 1.29 is 0 Å². The average molecular weight is 852 g/mol. The molecule has 4 saturated carbocycles. The Morgan fingerprint density at radius 3 is 0.652 bits per heavy atom. The van der Waals surface area contributed by atoms with E-state index >= 15 is 0 Å². The molecule has 0 saturated heterocycles. The Balaban J connectivity index is 1.02. The van der Waals surface area contributed by atoms with Gasteiger partial charge in [-0.2, -0.15) is 0 Å². The van der Waals surface area contributed by atoms with Gasteiger partial charge >= 0.3 is 0 Å². The molecule has 4 fully saturated rings. The molecule has 8 aromatic rings. The Hall–Kier alpha value is -7.49. The van der Waals surface area contributed by atoms with Crippen LogP contribution in [0, 0.1) is 0 Å². The van der Waals surface area contributed by atoms with E-state index in [4.69, 9.17) is 0 Å². The molecule has 0 unspecified atom stereocenters. The van der Waals surface area contributed by atoms with Crippen LogP contribution in [-0.2, 0) is 21.7 Å². The quantitative estimate of drug-likeness (QED) is 0.115. The summed E-state index contributed by atoms with van der Waals surface area (Å²) in [6, 6.07) is 61.5. The zero-order chi connectivity index (χ0) is 44.3. The van der Waals surface area contributed by atoms with Crippen molar-refractivity contribution in [2.24, 2.45) is 0 Å². The Morgan fingerprint density at radius 1 is 0.227 bits per heavy atom. The normalized spacial score (nSPS) is 23.4. The zero-order valence-corrected chi connectivity index (χ0v) is 37.3. The van der Waals surface area contributed by atoms with Crippen LogP contribution in [-0.4, -0.2) is 15.0 Å². The molecule has 3 aromatic heterocycles. The third kappa shape index (κ3) is 8.34. The molecule has 0 spiro atoms. The second-order valence-corrected chi connectivity index (χ2v) is 19.3. The zero-order valence-electron chi connectivity index (χ0n) is 37.3. The molecule has 320 valence electrons. The minimum Gasteiger partial charge on any atom is -0.265 e. The van der Waals surface area contributed by atoms with Gasteiger partial charge in [0.15, 0.2) is 0 Å². The second-order valence-electron chi connectivity index (χ2n) is 19.3. The van der Waals surface area contributed by atoms with Gasteiger partial charge in [-0.25, -0.2) is 0 Å². The van der Waals surface area contributed by atoms with E-state index < -0.39 is 0 Å². The number of rotatable bonds is 12. The van der Waals surface area contributed by atoms with E-state index in [1.807, 2.05) is 37.2 Å². The summed E-state index contributed by atoms with van der Waals surface area (Å²) < 4.78 is 0. The van der Waals surface area contributed by atoms with Crippen LogP contribution < -0.4 is 0 Å². The second kappa shape index (κ2) is 17.5. The largest absolute Gasteiger partial charge is 0.265 e. The lowest BCUT2D eigenvalue weighted by atomic mass is 9.32. The highest BCUT2D eigenvalue weighted by atomic mass is 14.7. The fourth-order valence-electron chi connectivity index (χ4n) is 12.4. The van der Waals surface area contributed by atoms with Gasteiger partial charge in [-0.05, 0) is 163 Å². The number of pyridine rings is 3. The molecule has 4 aliphatic rings. The van der Waals surface area contributed by atoms with Crippen molar-refractivity contribution in [2.45, 2.75) is 60.2 Å². The van der Waals surface area contributed by atoms with Gasteiger partial charge in [0.05, 0.1) is 0 Å². The summed E-state index contributed by atoms with van der Waals surface area (Å²) in [6.45, 7) is 0. The lowest BCUT2D eigenvalue weighted by Gasteiger charge is -2.71. The molecule has 3 nitrogen and oxygen atoms in total. The summed E-state index contributed by atoms with van der Waals surface area (Å²) >= 11 is 0. The van der Waals surface area contributed by atoms with Crippen LogP contribution in [0.2, 0.25) is 0 Å². The van der Waals surface area contributed by atoms with Crippen molar-refractivity contribution in [1.29, 1.82) is 0 Å². The molecule has 0 radical (unpaired) electrons. The number of nitrogens with zero attached hydrogens (tertiary/aromatic N) is 3. The minimum atomic E-state index is -0.0339. The van der Waals surface area contributed by atoms with Gasteiger partial charge < -0.3 is 0 Å². The van der Waals surface area contributed by atoms with Crippen molar-refractivity contribution in [3.8, 4) is 0 Å². The average Bonchev–Trinajstić information content (AvgIpc) is 3.37. The van der Waals surface area contributed by atoms with Crippen LogP contribution >= 0.6 is 0 Å². The molecular formula is C63H53N3. The van der Waals surface area contributed by atoms with Gasteiger partial charge in [-0.15, -0.1) is 0 Å². The Bertz CT molecular complexity index is 2560. The molecule has 0 atom stereocenters. The molecule has 3 heteroatoms. The molecule has 12 rings (SSSR count). The predicted molar refractivity (Wildman–Crippen MR) is 275 cm³/mol. The van der Waals surface area contributed by atoms with E-state index in [0.29, 0.717) is 0 Å². The number of benzene rings is 5. The smallest absolute Gasteiger partial charge is 0.0273 e. The molecule has 0 amide bonds. The first-order valence-corrected chi connectivity index (χ1v) is 23.4. The molecule has 4 bridgehead atoms. The Kier molecular flexibility index (Phi) is 10.9. The maximum absolute atomic E-state index is 4.21. The van der Waals surface area contributed by atoms with Crippen molar-refractivity contribution in [1.82, 2.24) is 15.0 Å². The van der Waals surface area contributed by atoms with Crippen LogP contribution in [0.4, 0.5) is 0 Å². The van der Waals surface area contributed by atoms with Crippen molar-refractivity contribution in [2.75, 3.05) is 0 Å². The standard InChI is InChI=1S/C63H53N3/c1-2-4-48(5-3-1)6-7-49-14-22-56(23-15-49)60-42-61(57-24-16-50(17-25-57)8-11-53-30-36-64-37-31-53)45-62(43-60,58-26-18-51(19-27-58)9-12-54-32-38-65-39-33-54)47-63(44-60,46-61)59-28-20-52(21-29-59)10-13-55-34-40-66-41-35-55/h1-41H,42-47H2. The summed E-state index contributed by atoms with van der Waals surface area (Å²) in [4.78, 5) is 12.6. The highest BCUT2D eigenvalue weighted by Crippen LogP contribution is 2.74. The van der Waals surface area contributed by atoms with E-state index in [1.165, 1.54) is 50.1 Å². The summed E-state index contributed by atoms with van der Waals surface area (Å²) in [6.07, 6.45) is 35.6. The third-order valence-corrected chi connectivity index (χ3v) is 14.9. The molecule has 66 heavy (non-hydrogen) atoms. The summed E-state index contributed by atoms with van der Waals surface area (Å²) in [5.41, 5.74) is 15.3. The highest BCUT2D eigenvalue weighted by molar-refractivity contribution is 5.72. The van der Waals surface area contributed by atoms with Gasteiger partial charge in [-0.3, -0.25) is 15.0 Å². The fourth-order valence-corrected chi connectivity index (χ4v) is 12.4. The minimum absolute atomic E-state index is 0.0316. The Labute approximate surface area is 389 Å². The summed E-state index contributed by atoms with van der Waals surface area (Å²) in [5, 5.41) is 0. The van der Waals surface area contributed by atoms with Crippen LogP contribution in [0.25, 0.3) is 48.6 Å². The predicted octanol–water partition coefficient (Wildman–Crippen LogP) is 15.0. The number of aromatic nitrogens is 3. The van der Waals surface area contributed by atoms with Crippen LogP contribution in [0.15, 0.2) is 201 Å². The van der Waals surface area contributed by atoms with Crippen LogP contribution in [0.3, 0.4) is 0 Å². The van der Waals surface area contributed by atoms with Crippen LogP contribution in [0.5, 0.6) is 0 Å². The molecule has 3 heterocycles. The van der Waals surface area contributed by atoms with Gasteiger partial charge in [-0.1, -0.05) is 176 Å². The van der Waals surface area contributed by atoms with E-state index in [2.05, 4.69) is 227 Å². The molecule has 5 aromatic carbocycles. The van der Waals surface area contributed by atoms with E-state index in [0.717, 1.165) is 55.2 Å². The maximum Gasteiger partial charge on any atom is 0.0273 e. The van der Waals surface area contributed by atoms with Gasteiger partial charge in [0.1, 0.15) is 0 Å². The highest BCUT2D eigenvalue weighted by Gasteiger charge is 2.69. The topological polar surface area (TPSA) is 38.7 Å². The molecular weight excluding hydrogens is 799 g/mol. The first kappa shape index (κ1) is 41.2. The van der Waals surface area contributed by atoms with Crippen LogP contribution in [0.1, 0.15) is 105 Å². The van der Waals surface area contributed by atoms with E-state index in [9.17, 15) is 0 Å². The lowest BCUT2D eigenvalue weighted by molar-refractivity contribution is -0.0691. The van der Waals surface area contributed by atoms with E-state index in [-0.39, 0.29) is 21.7 Å². The molecule has 0 aliphatic heterocycles. The van der Waals surface area contributed by atoms with Crippen molar-refractivity contribution in [3.05, 3.63) is 268 Å². The monoisotopic (exact) mass is 851 g/mol. The lowest BCUT2D eigenvalue weighted by Crippen LogP contribution is -2.67. The number of hydrogen-bond acceptors (Lipinski definition) is 3. The fraction of sp³-hybridized carbons (Fsp3) is 0.159. The SMILES string of the molecule is C(=Cc1ccc(C23CC4(c5ccc(C=Cc6ccncc6)cc5)CC(c5ccc(C=Cc6ccncc6)cc5)(C2)CC(c2ccc(C=Cc5ccncc5)cc2)(C3)C4)cc1)c1ccccc1. The number of hydrogen-bond donors (Lipinski definition) is 0. The first-order chi connectivity index (χ1) is 32.5. The van der Waals surface area contributed by atoms with Crippen molar-refractivity contribution >= 4 is 48.6 Å². The molecule has 4 aliphatic carbocycles. The van der Waals surface area contributed by atoms with Gasteiger partial charge in [0, 0.05) is 37.2 Å². The maximum atomic E-state index is 4.21. The van der Waals surface area contributed by atoms with Crippen molar-refractivity contribution in [3.63, 3.8) is 0 Å². The summed E-state index contributed by atoms with van der Waals surface area (Å²) in [5.74, 6) is 0.